The lowest BCUT2D eigenvalue weighted by atomic mass is 9.99. The molecule has 1 aliphatic rings. The van der Waals surface area contributed by atoms with Crippen LogP contribution in [-0.4, -0.2) is 13.1 Å². The summed E-state index contributed by atoms with van der Waals surface area (Å²) in [6.45, 7) is 4.05. The third-order valence-electron chi connectivity index (χ3n) is 3.55. The van der Waals surface area contributed by atoms with Crippen LogP contribution in [0.3, 0.4) is 0 Å². The highest BCUT2D eigenvalue weighted by Gasteiger charge is 2.11. The topological polar surface area (TPSA) is 21.3 Å². The molecule has 102 valence electrons. The summed E-state index contributed by atoms with van der Waals surface area (Å²) in [6.07, 6.45) is 3.30. The van der Waals surface area contributed by atoms with Gasteiger partial charge in [0.1, 0.15) is 11.5 Å². The maximum absolute atomic E-state index is 6.06. The average molecular weight is 265 g/mol. The van der Waals surface area contributed by atoms with E-state index in [0.717, 1.165) is 31.0 Å². The molecule has 0 atom stereocenters. The van der Waals surface area contributed by atoms with Gasteiger partial charge in [0.25, 0.3) is 0 Å². The van der Waals surface area contributed by atoms with Crippen molar-refractivity contribution in [3.8, 4) is 11.5 Å². The summed E-state index contributed by atoms with van der Waals surface area (Å²) in [6, 6.07) is 16.4. The number of rotatable bonds is 3. The smallest absolute Gasteiger partial charge is 0.134 e. The van der Waals surface area contributed by atoms with E-state index in [0.29, 0.717) is 0 Å². The summed E-state index contributed by atoms with van der Waals surface area (Å²) in [5.41, 5.74) is 3.81. The van der Waals surface area contributed by atoms with Crippen molar-refractivity contribution in [1.82, 2.24) is 5.32 Å². The van der Waals surface area contributed by atoms with E-state index in [-0.39, 0.29) is 0 Å². The number of hydrogen-bond donors (Lipinski definition) is 1. The summed E-state index contributed by atoms with van der Waals surface area (Å²) in [5, 5.41) is 3.34. The van der Waals surface area contributed by atoms with Crippen LogP contribution in [-0.2, 0) is 0 Å². The van der Waals surface area contributed by atoms with Crippen LogP contribution < -0.4 is 10.1 Å². The van der Waals surface area contributed by atoms with E-state index in [9.17, 15) is 0 Å². The highest BCUT2D eigenvalue weighted by molar-refractivity contribution is 5.71. The lowest BCUT2D eigenvalue weighted by molar-refractivity contribution is 0.480. The van der Waals surface area contributed by atoms with Crippen LogP contribution >= 0.6 is 0 Å². The molecule has 3 rings (SSSR count). The highest BCUT2D eigenvalue weighted by atomic mass is 16.5. The fourth-order valence-corrected chi connectivity index (χ4v) is 2.42. The lowest BCUT2D eigenvalue weighted by Crippen LogP contribution is -2.20. The van der Waals surface area contributed by atoms with E-state index in [2.05, 4.69) is 42.6 Å². The molecule has 20 heavy (non-hydrogen) atoms. The second kappa shape index (κ2) is 5.93. The Bertz CT molecular complexity index is 614. The maximum atomic E-state index is 6.06. The minimum Gasteiger partial charge on any atom is -0.457 e. The molecule has 2 aromatic rings. The van der Waals surface area contributed by atoms with Crippen molar-refractivity contribution in [3.05, 3.63) is 65.7 Å². The van der Waals surface area contributed by atoms with Crippen LogP contribution in [0.5, 0.6) is 11.5 Å². The minimum absolute atomic E-state index is 0.887. The number of hydrogen-bond acceptors (Lipinski definition) is 2. The Morgan fingerprint density at radius 2 is 1.80 bits per heavy atom. The maximum Gasteiger partial charge on any atom is 0.134 e. The zero-order valence-corrected chi connectivity index (χ0v) is 11.7. The molecule has 0 saturated heterocycles. The Balaban J connectivity index is 1.89. The third kappa shape index (κ3) is 2.91. The van der Waals surface area contributed by atoms with Crippen molar-refractivity contribution >= 4 is 5.57 Å². The molecule has 1 aliphatic heterocycles. The van der Waals surface area contributed by atoms with E-state index in [4.69, 9.17) is 4.74 Å². The second-order valence-electron chi connectivity index (χ2n) is 5.09. The lowest BCUT2D eigenvalue weighted by Gasteiger charge is -2.17. The van der Waals surface area contributed by atoms with E-state index < -0.39 is 0 Å². The Kier molecular flexibility index (Phi) is 3.84. The quantitative estimate of drug-likeness (QED) is 0.899. The summed E-state index contributed by atoms with van der Waals surface area (Å²) < 4.78 is 6.06. The van der Waals surface area contributed by atoms with Crippen LogP contribution in [0.1, 0.15) is 17.5 Å². The van der Waals surface area contributed by atoms with Gasteiger partial charge in [-0.1, -0.05) is 42.0 Å². The van der Waals surface area contributed by atoms with Crippen LogP contribution in [0, 0.1) is 6.92 Å². The van der Waals surface area contributed by atoms with Gasteiger partial charge in [0.2, 0.25) is 0 Å². The molecule has 0 radical (unpaired) electrons. The van der Waals surface area contributed by atoms with Gasteiger partial charge in [-0.2, -0.15) is 0 Å². The largest absolute Gasteiger partial charge is 0.457 e. The molecule has 0 aromatic heterocycles. The number of ether oxygens (including phenoxy) is 1. The SMILES string of the molecule is Cc1ccc(Oc2ccccc2C2=CCNCC2)cc1. The van der Waals surface area contributed by atoms with Crippen LogP contribution in [0.15, 0.2) is 54.6 Å². The molecule has 0 fully saturated rings. The van der Waals surface area contributed by atoms with E-state index >= 15 is 0 Å². The summed E-state index contributed by atoms with van der Waals surface area (Å²) >= 11 is 0. The molecule has 0 amide bonds. The molecular formula is C18H19NO. The predicted molar refractivity (Wildman–Crippen MR) is 83.2 cm³/mol. The molecule has 1 N–H and O–H groups in total. The Morgan fingerprint density at radius 1 is 1.00 bits per heavy atom. The molecule has 0 saturated carbocycles. The molecule has 2 nitrogen and oxygen atoms in total. The summed E-state index contributed by atoms with van der Waals surface area (Å²) in [4.78, 5) is 0. The molecule has 2 aromatic carbocycles. The van der Waals surface area contributed by atoms with E-state index in [1.54, 1.807) is 0 Å². The summed E-state index contributed by atoms with van der Waals surface area (Å²) in [7, 11) is 0. The van der Waals surface area contributed by atoms with Crippen LogP contribution in [0.2, 0.25) is 0 Å². The van der Waals surface area contributed by atoms with Gasteiger partial charge in [-0.3, -0.25) is 0 Å². The van der Waals surface area contributed by atoms with E-state index in [1.165, 1.54) is 16.7 Å². The molecule has 1 heterocycles. The van der Waals surface area contributed by atoms with Crippen molar-refractivity contribution in [2.45, 2.75) is 13.3 Å². The first-order chi connectivity index (χ1) is 9.83. The molecule has 0 aliphatic carbocycles. The Morgan fingerprint density at radius 3 is 2.55 bits per heavy atom. The van der Waals surface area contributed by atoms with Gasteiger partial charge in [0.15, 0.2) is 0 Å². The van der Waals surface area contributed by atoms with Crippen molar-refractivity contribution in [1.29, 1.82) is 0 Å². The number of benzene rings is 2. The fourth-order valence-electron chi connectivity index (χ4n) is 2.42. The second-order valence-corrected chi connectivity index (χ2v) is 5.09. The first-order valence-corrected chi connectivity index (χ1v) is 7.06. The van der Waals surface area contributed by atoms with Gasteiger partial charge in [-0.05, 0) is 43.7 Å². The van der Waals surface area contributed by atoms with Crippen LogP contribution in [0.25, 0.3) is 5.57 Å². The standard InChI is InChI=1S/C18H19NO/c1-14-6-8-16(9-7-14)20-18-5-3-2-4-17(18)15-10-12-19-13-11-15/h2-10,19H,11-13H2,1H3. The normalized spacial score (nSPS) is 14.8. The zero-order chi connectivity index (χ0) is 13.8. The zero-order valence-electron chi connectivity index (χ0n) is 11.7. The Hall–Kier alpha value is -2.06. The van der Waals surface area contributed by atoms with Crippen molar-refractivity contribution in [2.75, 3.05) is 13.1 Å². The van der Waals surface area contributed by atoms with Gasteiger partial charge >= 0.3 is 0 Å². The molecule has 0 bridgehead atoms. The Labute approximate surface area is 120 Å². The number of nitrogens with one attached hydrogen (secondary N) is 1. The highest BCUT2D eigenvalue weighted by Crippen LogP contribution is 2.32. The van der Waals surface area contributed by atoms with Crippen molar-refractivity contribution in [2.24, 2.45) is 0 Å². The number of para-hydroxylation sites is 1. The molecular weight excluding hydrogens is 246 g/mol. The van der Waals surface area contributed by atoms with Crippen molar-refractivity contribution in [3.63, 3.8) is 0 Å². The van der Waals surface area contributed by atoms with Crippen LogP contribution in [0.4, 0.5) is 0 Å². The van der Waals surface area contributed by atoms with Gasteiger partial charge in [0.05, 0.1) is 0 Å². The monoisotopic (exact) mass is 265 g/mol. The summed E-state index contributed by atoms with van der Waals surface area (Å²) in [5.74, 6) is 1.82. The first-order valence-electron chi connectivity index (χ1n) is 7.06. The average Bonchev–Trinajstić information content (AvgIpc) is 2.51. The first kappa shape index (κ1) is 12.9. The van der Waals surface area contributed by atoms with E-state index in [1.807, 2.05) is 24.3 Å². The van der Waals surface area contributed by atoms with Crippen molar-refractivity contribution < 1.29 is 4.74 Å². The van der Waals surface area contributed by atoms with Gasteiger partial charge in [-0.15, -0.1) is 0 Å². The molecule has 2 heteroatoms. The molecule has 0 spiro atoms. The van der Waals surface area contributed by atoms with Gasteiger partial charge in [0, 0.05) is 12.1 Å². The molecule has 0 unspecified atom stereocenters. The third-order valence-corrected chi connectivity index (χ3v) is 3.55. The fraction of sp³-hybridized carbons (Fsp3) is 0.222. The predicted octanol–water partition coefficient (Wildman–Crippen LogP) is 4.16. The minimum atomic E-state index is 0.887. The van der Waals surface area contributed by atoms with Gasteiger partial charge in [-0.25, -0.2) is 0 Å². The van der Waals surface area contributed by atoms with Gasteiger partial charge < -0.3 is 10.1 Å². The number of aryl methyl sites for hydroxylation is 1.